The molecule has 1 aliphatic carbocycles. The highest BCUT2D eigenvalue weighted by Crippen LogP contribution is 2.35. The van der Waals surface area contributed by atoms with E-state index in [0.717, 1.165) is 22.9 Å². The van der Waals surface area contributed by atoms with E-state index in [4.69, 9.17) is 4.74 Å². The van der Waals surface area contributed by atoms with Crippen LogP contribution in [0.15, 0.2) is 35.9 Å². The topological polar surface area (TPSA) is 26.3 Å². The van der Waals surface area contributed by atoms with Crippen molar-refractivity contribution in [3.05, 3.63) is 47.0 Å². The molecule has 0 spiro atoms. The van der Waals surface area contributed by atoms with Crippen molar-refractivity contribution in [2.45, 2.75) is 33.7 Å². The summed E-state index contributed by atoms with van der Waals surface area (Å²) in [5.74, 6) is 1.83. The largest absolute Gasteiger partial charge is 0.465 e. The van der Waals surface area contributed by atoms with Crippen molar-refractivity contribution in [2.75, 3.05) is 27.7 Å². The molecule has 0 saturated heterocycles. The summed E-state index contributed by atoms with van der Waals surface area (Å²) in [5.41, 5.74) is 3.41. The number of quaternary nitrogens is 1. The van der Waals surface area contributed by atoms with Crippen LogP contribution in [0, 0.1) is 17.8 Å². The van der Waals surface area contributed by atoms with Crippen molar-refractivity contribution in [3.63, 3.8) is 0 Å². The fraction of sp³-hybridized carbons (Fsp3) is 0.571. The third-order valence-electron chi connectivity index (χ3n) is 5.29. The van der Waals surface area contributed by atoms with Crippen molar-refractivity contribution in [1.82, 2.24) is 0 Å². The number of methoxy groups -OCH3 is 1. The molecule has 0 saturated carbocycles. The van der Waals surface area contributed by atoms with Crippen molar-refractivity contribution in [3.8, 4) is 0 Å². The molecule has 0 radical (unpaired) electrons. The Labute approximate surface area is 146 Å². The Bertz CT molecular complexity index is 601. The molecule has 0 fully saturated rings. The number of ether oxygens (including phenoxy) is 1. The van der Waals surface area contributed by atoms with Crippen molar-refractivity contribution < 1.29 is 14.0 Å². The molecule has 3 atom stereocenters. The van der Waals surface area contributed by atoms with Crippen LogP contribution in [0.5, 0.6) is 0 Å². The van der Waals surface area contributed by atoms with Gasteiger partial charge in [-0.25, -0.2) is 4.79 Å². The van der Waals surface area contributed by atoms with E-state index >= 15 is 0 Å². The minimum Gasteiger partial charge on any atom is -0.465 e. The normalized spacial score (nSPS) is 24.4. The van der Waals surface area contributed by atoms with E-state index in [1.807, 2.05) is 24.3 Å². The predicted octanol–water partition coefficient (Wildman–Crippen LogP) is 4.29. The number of nitrogens with zero attached hydrogens (tertiary/aromatic N) is 1. The van der Waals surface area contributed by atoms with E-state index in [9.17, 15) is 4.79 Å². The van der Waals surface area contributed by atoms with E-state index in [2.05, 4.69) is 40.9 Å². The average molecular weight is 330 g/mol. The summed E-state index contributed by atoms with van der Waals surface area (Å²) in [7, 11) is 6.02. The van der Waals surface area contributed by atoms with Crippen LogP contribution in [0.4, 0.5) is 0 Å². The van der Waals surface area contributed by atoms with Crippen molar-refractivity contribution in [1.29, 1.82) is 0 Å². The van der Waals surface area contributed by atoms with Gasteiger partial charge in [-0.2, -0.15) is 0 Å². The lowest BCUT2D eigenvalue weighted by Gasteiger charge is -2.40. The number of carbonyl (C=O) groups is 1. The number of rotatable bonds is 5. The summed E-state index contributed by atoms with van der Waals surface area (Å²) in [4.78, 5) is 11.5. The maximum Gasteiger partial charge on any atom is 0.337 e. The molecule has 0 unspecified atom stereocenters. The lowest BCUT2D eigenvalue weighted by molar-refractivity contribution is -0.907. The third-order valence-corrected chi connectivity index (χ3v) is 5.29. The monoisotopic (exact) mass is 330 g/mol. The Morgan fingerprint density at radius 1 is 1.21 bits per heavy atom. The van der Waals surface area contributed by atoms with Crippen LogP contribution < -0.4 is 0 Å². The molecule has 0 bridgehead atoms. The maximum absolute atomic E-state index is 11.5. The number of esters is 1. The Kier molecular flexibility index (Phi) is 5.87. The van der Waals surface area contributed by atoms with Crippen molar-refractivity contribution in [2.24, 2.45) is 17.8 Å². The van der Waals surface area contributed by atoms with Gasteiger partial charge in [0.05, 0.1) is 33.3 Å². The SMILES string of the molecule is COC(=O)c1ccc(C[N+](C)(C)C[C@H]2[C@H](C)C=C(C)C[C@H]2C)cc1. The first-order valence-electron chi connectivity index (χ1n) is 8.88. The van der Waals surface area contributed by atoms with Crippen LogP contribution in [0.3, 0.4) is 0 Å². The quantitative estimate of drug-likeness (QED) is 0.457. The number of carbonyl (C=O) groups excluding carboxylic acids is 1. The van der Waals surface area contributed by atoms with Gasteiger partial charge in [-0.3, -0.25) is 0 Å². The molecule has 3 heteroatoms. The van der Waals surface area contributed by atoms with Crippen LogP contribution in [-0.2, 0) is 11.3 Å². The molecule has 0 heterocycles. The minimum absolute atomic E-state index is 0.276. The zero-order chi connectivity index (χ0) is 17.9. The Morgan fingerprint density at radius 3 is 2.38 bits per heavy atom. The maximum atomic E-state index is 11.5. The molecule has 24 heavy (non-hydrogen) atoms. The molecule has 1 aromatic carbocycles. The van der Waals surface area contributed by atoms with Gasteiger partial charge in [0.15, 0.2) is 0 Å². The number of allylic oxidation sites excluding steroid dienone is 2. The average Bonchev–Trinajstić information content (AvgIpc) is 2.50. The van der Waals surface area contributed by atoms with Crippen LogP contribution >= 0.6 is 0 Å². The van der Waals surface area contributed by atoms with Gasteiger partial charge < -0.3 is 9.22 Å². The van der Waals surface area contributed by atoms with Crippen LogP contribution in [0.25, 0.3) is 0 Å². The highest BCUT2D eigenvalue weighted by atomic mass is 16.5. The first-order valence-corrected chi connectivity index (χ1v) is 8.88. The lowest BCUT2D eigenvalue weighted by atomic mass is 9.74. The van der Waals surface area contributed by atoms with Gasteiger partial charge in [0.25, 0.3) is 0 Å². The summed E-state index contributed by atoms with van der Waals surface area (Å²) >= 11 is 0. The van der Waals surface area contributed by atoms with Gasteiger partial charge in [0.2, 0.25) is 0 Å². The fourth-order valence-electron chi connectivity index (χ4n) is 4.16. The molecular formula is C21H32NO2+. The van der Waals surface area contributed by atoms with Crippen molar-refractivity contribution >= 4 is 5.97 Å². The summed E-state index contributed by atoms with van der Waals surface area (Å²) < 4.78 is 5.72. The zero-order valence-corrected chi connectivity index (χ0v) is 16.0. The minimum atomic E-state index is -0.276. The van der Waals surface area contributed by atoms with Gasteiger partial charge in [0.1, 0.15) is 6.54 Å². The second kappa shape index (κ2) is 7.52. The standard InChI is InChI=1S/C21H32NO2/c1-15-11-16(2)20(17(3)12-15)14-22(4,5)13-18-7-9-19(10-8-18)21(23)24-6/h7-11,16-17,20H,12-14H2,1-6H3/q+1/t16-,17-,20+/m1/s1. The number of hydrogen-bond donors (Lipinski definition) is 0. The smallest absolute Gasteiger partial charge is 0.337 e. The number of benzene rings is 1. The molecule has 1 aliphatic rings. The predicted molar refractivity (Wildman–Crippen MR) is 98.7 cm³/mol. The molecular weight excluding hydrogens is 298 g/mol. The zero-order valence-electron chi connectivity index (χ0n) is 16.0. The first kappa shape index (κ1) is 18.7. The molecule has 0 amide bonds. The fourth-order valence-corrected chi connectivity index (χ4v) is 4.16. The summed E-state index contributed by atoms with van der Waals surface area (Å²) in [6.45, 7) is 9.15. The molecule has 0 aliphatic heterocycles. The highest BCUT2D eigenvalue weighted by molar-refractivity contribution is 5.89. The first-order chi connectivity index (χ1) is 11.2. The van der Waals surface area contributed by atoms with E-state index in [1.54, 1.807) is 0 Å². The molecule has 0 N–H and O–H groups in total. The highest BCUT2D eigenvalue weighted by Gasteiger charge is 2.32. The van der Waals surface area contributed by atoms with E-state index in [-0.39, 0.29) is 5.97 Å². The third kappa shape index (κ3) is 4.70. The molecule has 2 rings (SSSR count). The summed E-state index contributed by atoms with van der Waals surface area (Å²) in [6, 6.07) is 7.81. The van der Waals surface area contributed by atoms with Gasteiger partial charge in [-0.1, -0.05) is 37.6 Å². The Morgan fingerprint density at radius 2 is 1.83 bits per heavy atom. The molecule has 132 valence electrons. The van der Waals surface area contributed by atoms with Crippen LogP contribution in [-0.4, -0.2) is 38.2 Å². The van der Waals surface area contributed by atoms with Gasteiger partial charge in [-0.15, -0.1) is 0 Å². The summed E-state index contributed by atoms with van der Waals surface area (Å²) in [6.07, 6.45) is 3.68. The second-order valence-electron chi connectivity index (χ2n) is 8.18. The lowest BCUT2D eigenvalue weighted by Crippen LogP contribution is -2.46. The van der Waals surface area contributed by atoms with E-state index in [1.165, 1.54) is 31.2 Å². The molecule has 1 aromatic rings. The molecule has 3 nitrogen and oxygen atoms in total. The van der Waals surface area contributed by atoms with E-state index in [0.29, 0.717) is 11.5 Å². The van der Waals surface area contributed by atoms with E-state index < -0.39 is 0 Å². The van der Waals surface area contributed by atoms with Crippen LogP contribution in [0.1, 0.15) is 43.1 Å². The Hall–Kier alpha value is -1.61. The molecule has 0 aromatic heterocycles. The van der Waals surface area contributed by atoms with Gasteiger partial charge >= 0.3 is 5.97 Å². The van der Waals surface area contributed by atoms with Gasteiger partial charge in [-0.05, 0) is 37.3 Å². The second-order valence-corrected chi connectivity index (χ2v) is 8.18. The summed E-state index contributed by atoms with van der Waals surface area (Å²) in [5, 5.41) is 0. The number of hydrogen-bond acceptors (Lipinski definition) is 2. The van der Waals surface area contributed by atoms with Gasteiger partial charge in [0, 0.05) is 11.5 Å². The Balaban J connectivity index is 2.04. The van der Waals surface area contributed by atoms with Crippen LogP contribution in [0.2, 0.25) is 0 Å².